The summed E-state index contributed by atoms with van der Waals surface area (Å²) in [5, 5.41) is 3.88. The lowest BCUT2D eigenvalue weighted by Crippen LogP contribution is -2.08. The van der Waals surface area contributed by atoms with Gasteiger partial charge in [0.15, 0.2) is 0 Å². The molecule has 0 aliphatic carbocycles. The van der Waals surface area contributed by atoms with Gasteiger partial charge in [0.25, 0.3) is 0 Å². The molecule has 0 aromatic carbocycles. The van der Waals surface area contributed by atoms with Gasteiger partial charge >= 0.3 is 10.3 Å². The molecule has 4 nitrogen and oxygen atoms in total. The summed E-state index contributed by atoms with van der Waals surface area (Å²) in [4.78, 5) is 0. The van der Waals surface area contributed by atoms with Crippen molar-refractivity contribution in [1.29, 1.82) is 0 Å². The fourth-order valence-electron chi connectivity index (χ4n) is 0. The molecule has 0 aliphatic rings. The van der Waals surface area contributed by atoms with Crippen molar-refractivity contribution in [3.8, 4) is 0 Å². The van der Waals surface area contributed by atoms with Crippen LogP contribution in [0.4, 0.5) is 0 Å². The first-order valence-electron chi connectivity index (χ1n) is 0.752. The summed E-state index contributed by atoms with van der Waals surface area (Å²) in [5.74, 6) is 0. The summed E-state index contributed by atoms with van der Waals surface area (Å²) in [6.07, 6.45) is 0. The van der Waals surface area contributed by atoms with Crippen molar-refractivity contribution in [3.63, 3.8) is 0 Å². The summed E-state index contributed by atoms with van der Waals surface area (Å²) < 4.78 is 25.2. The van der Waals surface area contributed by atoms with E-state index in [0.29, 0.717) is 0 Å². The molecule has 0 aromatic heterocycles. The van der Waals surface area contributed by atoms with Gasteiger partial charge in [0.2, 0.25) is 0 Å². The summed E-state index contributed by atoms with van der Waals surface area (Å²) in [6, 6.07) is 0. The standard InChI is InChI=1S/Al.H3NO3S/c;1-5(2,3)4/h;(H3,1,2,3,4). The third-order valence-corrected chi connectivity index (χ3v) is 0. The molecule has 0 bridgehead atoms. The van der Waals surface area contributed by atoms with Gasteiger partial charge in [-0.05, 0) is 0 Å². The topological polar surface area (TPSA) is 80.4 Å². The van der Waals surface area contributed by atoms with Gasteiger partial charge in [-0.25, -0.2) is 5.14 Å². The minimum absolute atomic E-state index is 0. The average molecular weight is 124 g/mol. The zero-order valence-electron chi connectivity index (χ0n) is 2.83. The first-order chi connectivity index (χ1) is 2.00. The second-order valence-electron chi connectivity index (χ2n) is 0.515. The van der Waals surface area contributed by atoms with Gasteiger partial charge in [0, 0.05) is 17.4 Å². The van der Waals surface area contributed by atoms with Crippen LogP contribution < -0.4 is 5.14 Å². The van der Waals surface area contributed by atoms with Crippen LogP contribution in [-0.2, 0) is 10.3 Å². The summed E-state index contributed by atoms with van der Waals surface area (Å²) in [6.45, 7) is 0. The maximum absolute atomic E-state index is 8.97. The van der Waals surface area contributed by atoms with Crippen molar-refractivity contribution in [2.75, 3.05) is 0 Å². The van der Waals surface area contributed by atoms with Gasteiger partial charge < -0.3 is 0 Å². The second-order valence-corrected chi connectivity index (χ2v) is 1.54. The third kappa shape index (κ3) is 315. The van der Waals surface area contributed by atoms with E-state index in [0.717, 1.165) is 0 Å². The molecule has 6 heteroatoms. The maximum atomic E-state index is 8.97. The van der Waals surface area contributed by atoms with Gasteiger partial charge in [0.1, 0.15) is 0 Å². The van der Waals surface area contributed by atoms with Crippen LogP contribution in [0.5, 0.6) is 0 Å². The molecule has 0 spiro atoms. The smallest absolute Gasteiger partial charge is 0.274 e. The first kappa shape index (κ1) is 9.64. The van der Waals surface area contributed by atoms with E-state index in [4.69, 9.17) is 13.0 Å². The minimum atomic E-state index is -4.17. The fraction of sp³-hybridized carbons (Fsp3) is 0. The van der Waals surface area contributed by atoms with E-state index in [9.17, 15) is 0 Å². The molecule has 0 atom stereocenters. The van der Waals surface area contributed by atoms with Crippen LogP contribution >= 0.6 is 0 Å². The van der Waals surface area contributed by atoms with Crippen LogP contribution in [0.2, 0.25) is 0 Å². The van der Waals surface area contributed by atoms with Crippen LogP contribution in [0.25, 0.3) is 0 Å². The van der Waals surface area contributed by atoms with Crippen molar-refractivity contribution in [3.05, 3.63) is 0 Å². The van der Waals surface area contributed by atoms with Crippen LogP contribution in [0.3, 0.4) is 0 Å². The lowest BCUT2D eigenvalue weighted by atomic mass is 13.9. The highest BCUT2D eigenvalue weighted by atomic mass is 32.2. The second kappa shape index (κ2) is 2.55. The minimum Gasteiger partial charge on any atom is -0.274 e. The molecule has 3 N–H and O–H groups in total. The molecule has 0 rings (SSSR count). The number of hydrogen-bond donors (Lipinski definition) is 2. The Morgan fingerprint density at radius 3 is 1.50 bits per heavy atom. The molecule has 0 heterocycles. The van der Waals surface area contributed by atoms with E-state index >= 15 is 0 Å². The predicted octanol–water partition coefficient (Wildman–Crippen LogP) is -1.63. The van der Waals surface area contributed by atoms with Crippen LogP contribution in [-0.4, -0.2) is 30.3 Å². The highest BCUT2D eigenvalue weighted by Crippen LogP contribution is 1.50. The lowest BCUT2D eigenvalue weighted by molar-refractivity contribution is 0.485. The quantitative estimate of drug-likeness (QED) is 0.300. The van der Waals surface area contributed by atoms with Gasteiger partial charge in [0.05, 0.1) is 0 Å². The van der Waals surface area contributed by atoms with E-state index in [1.165, 1.54) is 0 Å². The van der Waals surface area contributed by atoms with E-state index < -0.39 is 10.3 Å². The number of nitrogens with two attached hydrogens (primary N) is 1. The summed E-state index contributed by atoms with van der Waals surface area (Å²) in [7, 11) is -4.17. The Bertz CT molecular complexity index is 94.0. The molecule has 0 amide bonds. The highest BCUT2D eigenvalue weighted by Gasteiger charge is 1.81. The van der Waals surface area contributed by atoms with Gasteiger partial charge in [-0.15, -0.1) is 0 Å². The average Bonchev–Trinajstić information content (AvgIpc) is 0.722. The zero-order chi connectivity index (χ0) is 4.50. The Balaban J connectivity index is 0. The highest BCUT2D eigenvalue weighted by molar-refractivity contribution is 7.83. The molecule has 35 valence electrons. The molecule has 0 saturated heterocycles. The monoisotopic (exact) mass is 124 g/mol. The number of hydrogen-bond acceptors (Lipinski definition) is 2. The van der Waals surface area contributed by atoms with Crippen LogP contribution in [0, 0.1) is 0 Å². The molecule has 0 unspecified atom stereocenters. The van der Waals surface area contributed by atoms with E-state index in [1.807, 2.05) is 0 Å². The normalized spacial score (nSPS) is 9.67. The Morgan fingerprint density at radius 1 is 1.50 bits per heavy atom. The van der Waals surface area contributed by atoms with Crippen molar-refractivity contribution in [2.24, 2.45) is 5.14 Å². The molecule has 0 fully saturated rings. The van der Waals surface area contributed by atoms with E-state index in [-0.39, 0.29) is 17.4 Å². The summed E-state index contributed by atoms with van der Waals surface area (Å²) in [5.41, 5.74) is 0. The van der Waals surface area contributed by atoms with E-state index in [2.05, 4.69) is 5.14 Å². The molecule has 0 aromatic rings. The molecule has 3 radical (unpaired) electrons. The zero-order valence-corrected chi connectivity index (χ0v) is 4.80. The Hall–Kier alpha value is 0.402. The van der Waals surface area contributed by atoms with Crippen LogP contribution in [0.1, 0.15) is 0 Å². The SMILES string of the molecule is NS(=O)(=O)O.[Al]. The third-order valence-electron chi connectivity index (χ3n) is 0. The van der Waals surface area contributed by atoms with Gasteiger partial charge in [-0.3, -0.25) is 4.55 Å². The molecule has 0 aliphatic heterocycles. The van der Waals surface area contributed by atoms with Crippen molar-refractivity contribution >= 4 is 27.7 Å². The summed E-state index contributed by atoms with van der Waals surface area (Å²) >= 11 is 0. The largest absolute Gasteiger partial charge is 0.330 e. The fourth-order valence-corrected chi connectivity index (χ4v) is 0. The van der Waals surface area contributed by atoms with Gasteiger partial charge in [-0.1, -0.05) is 0 Å². The molecule has 0 saturated carbocycles. The molecular weight excluding hydrogens is 121 g/mol. The van der Waals surface area contributed by atoms with Crippen molar-refractivity contribution in [2.45, 2.75) is 0 Å². The molecule has 6 heavy (non-hydrogen) atoms. The predicted molar refractivity (Wildman–Crippen MR) is 21.5 cm³/mol. The maximum Gasteiger partial charge on any atom is 0.330 e. The van der Waals surface area contributed by atoms with Gasteiger partial charge in [-0.2, -0.15) is 8.42 Å². The Morgan fingerprint density at radius 2 is 1.50 bits per heavy atom. The van der Waals surface area contributed by atoms with E-state index in [1.54, 1.807) is 0 Å². The molecular formula is H3AlNO3S. The lowest BCUT2D eigenvalue weighted by Gasteiger charge is -1.70. The number of rotatable bonds is 0. The van der Waals surface area contributed by atoms with Crippen molar-refractivity contribution in [1.82, 2.24) is 0 Å². The Labute approximate surface area is 46.4 Å². The van der Waals surface area contributed by atoms with Crippen molar-refractivity contribution < 1.29 is 13.0 Å². The Kier molecular flexibility index (Phi) is 4.10. The van der Waals surface area contributed by atoms with Crippen LogP contribution in [0.15, 0.2) is 0 Å². The first-order valence-corrected chi connectivity index (χ1v) is 2.25.